The summed E-state index contributed by atoms with van der Waals surface area (Å²) in [5.74, 6) is 0.0970. The minimum Gasteiger partial charge on any atom is -0.388 e. The maximum Gasteiger partial charge on any atom is 0.320 e. The lowest BCUT2D eigenvalue weighted by Crippen LogP contribution is -2.45. The highest BCUT2D eigenvalue weighted by Gasteiger charge is 2.18. The molecular formula is C11H24N4O2. The Morgan fingerprint density at radius 3 is 2.24 bits per heavy atom. The molecule has 0 unspecified atom stereocenters. The van der Waals surface area contributed by atoms with E-state index in [1.165, 1.54) is 0 Å². The Balaban J connectivity index is 4.42. The summed E-state index contributed by atoms with van der Waals surface area (Å²) in [6, 6.07) is -0.0201. The Bertz CT molecular complexity index is 242. The molecule has 3 N–H and O–H groups in total. The lowest BCUT2D eigenvalue weighted by molar-refractivity contribution is 0.129. The third-order valence-electron chi connectivity index (χ3n) is 2.52. The molecule has 17 heavy (non-hydrogen) atoms. The van der Waals surface area contributed by atoms with Gasteiger partial charge in [-0.15, -0.1) is 0 Å². The lowest BCUT2D eigenvalue weighted by atomic mass is 10.3. The second-order valence-electron chi connectivity index (χ2n) is 3.71. The number of nitrogens with two attached hydrogens (primary N) is 1. The number of hydrogen-bond donors (Lipinski definition) is 2. The summed E-state index contributed by atoms with van der Waals surface area (Å²) in [5, 5.41) is 7.20. The highest BCUT2D eigenvalue weighted by molar-refractivity contribution is 5.78. The molecule has 0 fully saturated rings. The standard InChI is InChI=1S/C11H24N4O2/c1-4-14(5-2)11(16)15(8-9-17-3)7-6-10(12)13/h4-9H2,1-3H3,(H3,12,13). The lowest BCUT2D eigenvalue weighted by Gasteiger charge is -2.29. The minimum atomic E-state index is -0.0201. The zero-order chi connectivity index (χ0) is 13.3. The molecule has 0 radical (unpaired) electrons. The van der Waals surface area contributed by atoms with E-state index >= 15 is 0 Å². The van der Waals surface area contributed by atoms with Crippen molar-refractivity contribution in [3.05, 3.63) is 0 Å². The van der Waals surface area contributed by atoms with Crippen LogP contribution in [0.2, 0.25) is 0 Å². The van der Waals surface area contributed by atoms with Gasteiger partial charge in [0.05, 0.1) is 12.4 Å². The second kappa shape index (κ2) is 8.81. The summed E-state index contributed by atoms with van der Waals surface area (Å²) >= 11 is 0. The van der Waals surface area contributed by atoms with Crippen LogP contribution < -0.4 is 5.73 Å². The molecule has 0 rings (SSSR count). The van der Waals surface area contributed by atoms with Crippen LogP contribution in [0.25, 0.3) is 0 Å². The predicted octanol–water partition coefficient (Wildman–Crippen LogP) is 0.723. The molecule has 100 valence electrons. The van der Waals surface area contributed by atoms with Crippen LogP contribution in [0.4, 0.5) is 4.79 Å². The van der Waals surface area contributed by atoms with E-state index in [0.717, 1.165) is 0 Å². The van der Waals surface area contributed by atoms with Gasteiger partial charge in [0, 0.05) is 39.7 Å². The quantitative estimate of drug-likeness (QED) is 0.487. The first-order valence-electron chi connectivity index (χ1n) is 5.92. The monoisotopic (exact) mass is 244 g/mol. The molecule has 6 nitrogen and oxygen atoms in total. The summed E-state index contributed by atoms with van der Waals surface area (Å²) in [5.41, 5.74) is 5.31. The van der Waals surface area contributed by atoms with Crippen molar-refractivity contribution < 1.29 is 9.53 Å². The summed E-state index contributed by atoms with van der Waals surface area (Å²) < 4.78 is 4.98. The molecule has 0 heterocycles. The van der Waals surface area contributed by atoms with Crippen LogP contribution in [0.5, 0.6) is 0 Å². The van der Waals surface area contributed by atoms with Gasteiger partial charge in [-0.3, -0.25) is 5.41 Å². The number of methoxy groups -OCH3 is 1. The predicted molar refractivity (Wildman–Crippen MR) is 68.3 cm³/mol. The van der Waals surface area contributed by atoms with Crippen LogP contribution in [-0.2, 0) is 4.74 Å². The van der Waals surface area contributed by atoms with Crippen molar-refractivity contribution in [3.63, 3.8) is 0 Å². The van der Waals surface area contributed by atoms with Crippen molar-refractivity contribution >= 4 is 11.9 Å². The van der Waals surface area contributed by atoms with Gasteiger partial charge in [0.25, 0.3) is 0 Å². The first-order valence-corrected chi connectivity index (χ1v) is 5.92. The molecule has 0 saturated heterocycles. The smallest absolute Gasteiger partial charge is 0.320 e. The van der Waals surface area contributed by atoms with Gasteiger partial charge in [-0.2, -0.15) is 0 Å². The fourth-order valence-electron chi connectivity index (χ4n) is 1.45. The molecule has 0 bridgehead atoms. The average molecular weight is 244 g/mol. The van der Waals surface area contributed by atoms with Gasteiger partial charge in [0.1, 0.15) is 0 Å². The van der Waals surface area contributed by atoms with Crippen molar-refractivity contribution in [1.29, 1.82) is 5.41 Å². The first kappa shape index (κ1) is 15.7. The van der Waals surface area contributed by atoms with Crippen molar-refractivity contribution in [2.24, 2.45) is 5.73 Å². The number of rotatable bonds is 8. The average Bonchev–Trinajstić information content (AvgIpc) is 2.30. The Hall–Kier alpha value is -1.30. The number of nitrogens with one attached hydrogen (secondary N) is 1. The van der Waals surface area contributed by atoms with Crippen molar-refractivity contribution in [3.8, 4) is 0 Å². The molecule has 0 aromatic rings. The zero-order valence-electron chi connectivity index (χ0n) is 11.0. The third kappa shape index (κ3) is 6.11. The minimum absolute atomic E-state index is 0.0201. The van der Waals surface area contributed by atoms with Gasteiger partial charge in [0.2, 0.25) is 0 Å². The molecule has 0 atom stereocenters. The highest BCUT2D eigenvalue weighted by Crippen LogP contribution is 2.00. The number of ether oxygens (including phenoxy) is 1. The summed E-state index contributed by atoms with van der Waals surface area (Å²) in [6.07, 6.45) is 0.400. The summed E-state index contributed by atoms with van der Waals surface area (Å²) in [6.45, 7) is 6.73. The van der Waals surface area contributed by atoms with E-state index in [-0.39, 0.29) is 11.9 Å². The number of carbonyl (C=O) groups excluding carboxylic acids is 1. The Kier molecular flexibility index (Phi) is 8.13. The van der Waals surface area contributed by atoms with E-state index in [9.17, 15) is 4.79 Å². The molecule has 0 aromatic heterocycles. The molecule has 0 aliphatic rings. The molecular weight excluding hydrogens is 220 g/mol. The Labute approximate surface area is 103 Å². The molecule has 2 amide bonds. The van der Waals surface area contributed by atoms with E-state index in [1.807, 2.05) is 13.8 Å². The first-order chi connectivity index (χ1) is 8.06. The molecule has 0 aliphatic carbocycles. The van der Waals surface area contributed by atoms with Crippen molar-refractivity contribution in [2.75, 3.05) is 39.9 Å². The number of urea groups is 1. The highest BCUT2D eigenvalue weighted by atomic mass is 16.5. The number of amidine groups is 1. The van der Waals surface area contributed by atoms with Crippen LogP contribution in [0.15, 0.2) is 0 Å². The Morgan fingerprint density at radius 2 is 1.82 bits per heavy atom. The third-order valence-corrected chi connectivity index (χ3v) is 2.52. The Morgan fingerprint density at radius 1 is 1.24 bits per heavy atom. The topological polar surface area (TPSA) is 82.7 Å². The van der Waals surface area contributed by atoms with Crippen LogP contribution in [0.1, 0.15) is 20.3 Å². The number of hydrogen-bond acceptors (Lipinski definition) is 3. The van der Waals surface area contributed by atoms with Crippen LogP contribution >= 0.6 is 0 Å². The summed E-state index contributed by atoms with van der Waals surface area (Å²) in [4.78, 5) is 15.5. The van der Waals surface area contributed by atoms with Crippen LogP contribution in [0, 0.1) is 5.41 Å². The fraction of sp³-hybridized carbons (Fsp3) is 0.818. The SMILES string of the molecule is CCN(CC)C(=O)N(CCOC)CCC(=N)N. The van der Waals surface area contributed by atoms with Gasteiger partial charge in [-0.1, -0.05) is 0 Å². The van der Waals surface area contributed by atoms with Gasteiger partial charge >= 0.3 is 6.03 Å². The maximum atomic E-state index is 12.1. The van der Waals surface area contributed by atoms with Gasteiger partial charge in [-0.05, 0) is 13.8 Å². The van der Waals surface area contributed by atoms with Gasteiger partial charge < -0.3 is 20.3 Å². The number of nitrogens with zero attached hydrogens (tertiary/aromatic N) is 2. The van der Waals surface area contributed by atoms with Gasteiger partial charge in [0.15, 0.2) is 0 Å². The van der Waals surface area contributed by atoms with Crippen molar-refractivity contribution in [1.82, 2.24) is 9.80 Å². The molecule has 0 aromatic carbocycles. The van der Waals surface area contributed by atoms with E-state index in [2.05, 4.69) is 0 Å². The second-order valence-corrected chi connectivity index (χ2v) is 3.71. The molecule has 0 spiro atoms. The number of carbonyl (C=O) groups is 1. The van der Waals surface area contributed by atoms with Gasteiger partial charge in [-0.25, -0.2) is 4.79 Å². The van der Waals surface area contributed by atoms with E-state index < -0.39 is 0 Å². The zero-order valence-corrected chi connectivity index (χ0v) is 11.0. The van der Waals surface area contributed by atoms with Crippen LogP contribution in [-0.4, -0.2) is 61.6 Å². The van der Waals surface area contributed by atoms with Crippen molar-refractivity contribution in [2.45, 2.75) is 20.3 Å². The molecule has 0 aliphatic heterocycles. The normalized spacial score (nSPS) is 10.1. The largest absolute Gasteiger partial charge is 0.388 e. The summed E-state index contributed by atoms with van der Waals surface area (Å²) in [7, 11) is 1.60. The van der Waals surface area contributed by atoms with E-state index in [1.54, 1.807) is 16.9 Å². The fourth-order valence-corrected chi connectivity index (χ4v) is 1.45. The van der Waals surface area contributed by atoms with E-state index in [4.69, 9.17) is 15.9 Å². The molecule has 6 heteroatoms. The van der Waals surface area contributed by atoms with E-state index in [0.29, 0.717) is 39.2 Å². The number of amides is 2. The molecule has 0 saturated carbocycles. The van der Waals surface area contributed by atoms with Crippen LogP contribution in [0.3, 0.4) is 0 Å². The maximum absolute atomic E-state index is 12.1.